The minimum Gasteiger partial charge on any atom is -0.412 e. The Bertz CT molecular complexity index is 1070. The fraction of sp³-hybridized carbons (Fsp3) is 0.150. The molecule has 2 aromatic carbocycles. The second kappa shape index (κ2) is 9.16. The van der Waals surface area contributed by atoms with Crippen LogP contribution >= 0.6 is 12.4 Å². The van der Waals surface area contributed by atoms with Crippen LogP contribution in [0.3, 0.4) is 0 Å². The van der Waals surface area contributed by atoms with E-state index >= 15 is 0 Å². The third kappa shape index (κ3) is 4.39. The molecule has 0 saturated carbocycles. The van der Waals surface area contributed by atoms with Gasteiger partial charge in [-0.2, -0.15) is 4.99 Å². The van der Waals surface area contributed by atoms with Crippen LogP contribution in [0, 0.1) is 0 Å². The maximum Gasteiger partial charge on any atom is 0.282 e. The molecule has 6 N–H and O–H groups in total. The molecule has 0 aliphatic heterocycles. The van der Waals surface area contributed by atoms with Crippen LogP contribution in [0.4, 0.5) is 0 Å². The first-order valence-electron chi connectivity index (χ1n) is 8.27. The first-order chi connectivity index (χ1) is 12.4. The van der Waals surface area contributed by atoms with E-state index in [1.807, 2.05) is 24.3 Å². The molecule has 3 rings (SSSR count). The lowest BCUT2D eigenvalue weighted by molar-refractivity contribution is 0.100. The number of fused-ring (bicyclic) bond motifs is 1. The summed E-state index contributed by atoms with van der Waals surface area (Å²) in [5.41, 5.74) is 12.6. The molecule has 1 heterocycles. The Morgan fingerprint density at radius 2 is 1.57 bits per heavy atom. The lowest BCUT2D eigenvalue weighted by atomic mass is 10.0. The second-order valence-electron chi connectivity index (χ2n) is 6.35. The Kier molecular flexibility index (Phi) is 7.49. The van der Waals surface area contributed by atoms with Gasteiger partial charge in [-0.25, -0.2) is 0 Å². The van der Waals surface area contributed by atoms with Gasteiger partial charge in [0.25, 0.3) is 11.5 Å². The first-order valence-corrected chi connectivity index (χ1v) is 8.27. The van der Waals surface area contributed by atoms with Gasteiger partial charge in [-0.15, -0.1) is 12.4 Å². The van der Waals surface area contributed by atoms with Crippen LogP contribution in [-0.2, 0) is 0 Å². The number of hydrogen-bond donors (Lipinski definition) is 2. The molecule has 0 unspecified atom stereocenters. The summed E-state index contributed by atoms with van der Waals surface area (Å²) in [6.07, 6.45) is 1.49. The number of nitrogens with zero attached hydrogens (tertiary/aromatic N) is 2. The second-order valence-corrected chi connectivity index (χ2v) is 6.35. The van der Waals surface area contributed by atoms with Crippen molar-refractivity contribution in [1.29, 1.82) is 0 Å². The summed E-state index contributed by atoms with van der Waals surface area (Å²) in [7, 11) is 0. The molecular formula is C20H23ClN4O3. The zero-order valence-corrected chi connectivity index (χ0v) is 16.4. The van der Waals surface area contributed by atoms with E-state index in [1.165, 1.54) is 16.3 Å². The maximum atomic E-state index is 12.9. The molecule has 0 aliphatic rings. The highest BCUT2D eigenvalue weighted by molar-refractivity contribution is 6.10. The Labute approximate surface area is 168 Å². The Balaban J connectivity index is 0.00000196. The van der Waals surface area contributed by atoms with Crippen molar-refractivity contribution in [3.8, 4) is 5.69 Å². The number of hydrogen-bond acceptors (Lipinski definition) is 2. The highest BCUT2D eigenvalue weighted by Crippen LogP contribution is 2.20. The fourth-order valence-electron chi connectivity index (χ4n) is 2.85. The van der Waals surface area contributed by atoms with Gasteiger partial charge in [0.15, 0.2) is 5.96 Å². The third-order valence-corrected chi connectivity index (χ3v) is 4.22. The zero-order valence-electron chi connectivity index (χ0n) is 15.5. The lowest BCUT2D eigenvalue weighted by Crippen LogP contribution is -2.25. The number of nitrogens with two attached hydrogens (primary N) is 2. The van der Waals surface area contributed by atoms with Gasteiger partial charge < -0.3 is 16.9 Å². The van der Waals surface area contributed by atoms with Gasteiger partial charge in [-0.3, -0.25) is 14.2 Å². The monoisotopic (exact) mass is 402 g/mol. The van der Waals surface area contributed by atoms with Crippen molar-refractivity contribution >= 4 is 35.0 Å². The van der Waals surface area contributed by atoms with E-state index < -0.39 is 5.91 Å². The van der Waals surface area contributed by atoms with Crippen LogP contribution in [0.5, 0.6) is 0 Å². The van der Waals surface area contributed by atoms with Gasteiger partial charge in [0.05, 0.1) is 5.56 Å². The van der Waals surface area contributed by atoms with E-state index in [0.29, 0.717) is 22.4 Å². The smallest absolute Gasteiger partial charge is 0.282 e. The lowest BCUT2D eigenvalue weighted by Gasteiger charge is -2.12. The van der Waals surface area contributed by atoms with Crippen molar-refractivity contribution in [2.75, 3.05) is 0 Å². The molecule has 0 radical (unpaired) electrons. The SMILES string of the molecule is CC(C)c1ccc(-n2cc(C(=O)N=C(N)N)c3ccccc3c2=O)cc1.Cl.O. The third-order valence-electron chi connectivity index (χ3n) is 4.22. The highest BCUT2D eigenvalue weighted by atomic mass is 35.5. The summed E-state index contributed by atoms with van der Waals surface area (Å²) >= 11 is 0. The molecule has 0 fully saturated rings. The van der Waals surface area contributed by atoms with Crippen molar-refractivity contribution < 1.29 is 10.3 Å². The molecule has 1 amide bonds. The van der Waals surface area contributed by atoms with E-state index in [-0.39, 0.29) is 35.0 Å². The largest absolute Gasteiger partial charge is 0.412 e. The van der Waals surface area contributed by atoms with Crippen LogP contribution in [0.15, 0.2) is 64.5 Å². The fourth-order valence-corrected chi connectivity index (χ4v) is 2.85. The molecule has 148 valence electrons. The average molecular weight is 403 g/mol. The number of carbonyl (C=O) groups excluding carboxylic acids is 1. The topological polar surface area (TPSA) is 135 Å². The molecule has 0 aliphatic carbocycles. The van der Waals surface area contributed by atoms with Crippen LogP contribution in [0.25, 0.3) is 16.5 Å². The van der Waals surface area contributed by atoms with Crippen LogP contribution in [0.1, 0.15) is 35.7 Å². The Hall–Kier alpha value is -3.16. The predicted octanol–water partition coefficient (Wildman–Crippen LogP) is 2.12. The number of amides is 1. The van der Waals surface area contributed by atoms with Crippen LogP contribution in [0.2, 0.25) is 0 Å². The van der Waals surface area contributed by atoms with Crippen molar-refractivity contribution in [3.05, 3.63) is 76.2 Å². The molecular weight excluding hydrogens is 380 g/mol. The normalized spacial score (nSPS) is 10.1. The summed E-state index contributed by atoms with van der Waals surface area (Å²) in [5, 5.41) is 0.944. The van der Waals surface area contributed by atoms with Gasteiger partial charge in [-0.05, 0) is 29.7 Å². The van der Waals surface area contributed by atoms with Gasteiger partial charge in [0.2, 0.25) is 0 Å². The molecule has 3 aromatic rings. The minimum atomic E-state index is -0.589. The molecule has 0 atom stereocenters. The van der Waals surface area contributed by atoms with Gasteiger partial charge in [0, 0.05) is 22.7 Å². The highest BCUT2D eigenvalue weighted by Gasteiger charge is 2.15. The van der Waals surface area contributed by atoms with Crippen molar-refractivity contribution in [3.63, 3.8) is 0 Å². The van der Waals surface area contributed by atoms with Gasteiger partial charge in [-0.1, -0.05) is 44.2 Å². The zero-order chi connectivity index (χ0) is 18.8. The molecule has 0 spiro atoms. The number of carbonyl (C=O) groups is 1. The van der Waals surface area contributed by atoms with Gasteiger partial charge >= 0.3 is 0 Å². The maximum absolute atomic E-state index is 12.9. The van der Waals surface area contributed by atoms with E-state index in [0.717, 1.165) is 0 Å². The number of benzene rings is 2. The van der Waals surface area contributed by atoms with Crippen molar-refractivity contribution in [1.82, 2.24) is 4.57 Å². The number of pyridine rings is 1. The summed E-state index contributed by atoms with van der Waals surface area (Å²) in [5.74, 6) is -0.525. The number of aromatic nitrogens is 1. The van der Waals surface area contributed by atoms with E-state index in [4.69, 9.17) is 11.5 Å². The molecule has 0 bridgehead atoms. The van der Waals surface area contributed by atoms with Crippen molar-refractivity contribution in [2.24, 2.45) is 16.5 Å². The molecule has 8 heteroatoms. The molecule has 28 heavy (non-hydrogen) atoms. The number of halogens is 1. The van der Waals surface area contributed by atoms with E-state index in [2.05, 4.69) is 18.8 Å². The minimum absolute atomic E-state index is 0. The first kappa shape index (κ1) is 22.9. The quantitative estimate of drug-likeness (QED) is 0.512. The molecule has 0 saturated heterocycles. The summed E-state index contributed by atoms with van der Waals surface area (Å²) in [4.78, 5) is 29.0. The van der Waals surface area contributed by atoms with Crippen LogP contribution in [-0.4, -0.2) is 21.9 Å². The average Bonchev–Trinajstić information content (AvgIpc) is 2.61. The summed E-state index contributed by atoms with van der Waals surface area (Å²) in [6, 6.07) is 14.6. The Morgan fingerprint density at radius 3 is 2.11 bits per heavy atom. The number of aliphatic imine (C=N–C) groups is 1. The summed E-state index contributed by atoms with van der Waals surface area (Å²) in [6.45, 7) is 4.20. The Morgan fingerprint density at radius 1 is 1.00 bits per heavy atom. The van der Waals surface area contributed by atoms with Crippen molar-refractivity contribution in [2.45, 2.75) is 19.8 Å². The predicted molar refractivity (Wildman–Crippen MR) is 115 cm³/mol. The van der Waals surface area contributed by atoms with E-state index in [9.17, 15) is 9.59 Å². The van der Waals surface area contributed by atoms with E-state index in [1.54, 1.807) is 24.3 Å². The molecule has 7 nitrogen and oxygen atoms in total. The number of rotatable bonds is 3. The summed E-state index contributed by atoms with van der Waals surface area (Å²) < 4.78 is 1.45. The van der Waals surface area contributed by atoms with Crippen LogP contribution < -0.4 is 17.0 Å². The molecule has 1 aromatic heterocycles. The standard InChI is InChI=1S/C20H20N4O2.ClH.H2O/c1-12(2)13-7-9-14(10-8-13)24-11-17(18(25)23-20(21)22)15-5-3-4-6-16(15)19(24)26;;/h3-12H,1-2H3,(H4,21,22,23,25);1H;1H2. The van der Waals surface area contributed by atoms with Gasteiger partial charge in [0.1, 0.15) is 0 Å². The number of guanidine groups is 1.